The summed E-state index contributed by atoms with van der Waals surface area (Å²) in [6, 6.07) is 8.28. The molecule has 19 heavy (non-hydrogen) atoms. The first kappa shape index (κ1) is 16.6. The molecule has 108 valence electrons. The van der Waals surface area contributed by atoms with Gasteiger partial charge in [0.1, 0.15) is 5.75 Å². The highest BCUT2D eigenvalue weighted by molar-refractivity contribution is 7.99. The van der Waals surface area contributed by atoms with E-state index in [1.807, 2.05) is 23.9 Å². The lowest BCUT2D eigenvalue weighted by atomic mass is 10.3. The van der Waals surface area contributed by atoms with Crippen molar-refractivity contribution in [1.82, 2.24) is 4.90 Å². The number of ether oxygens (including phenoxy) is 2. The summed E-state index contributed by atoms with van der Waals surface area (Å²) in [4.78, 5) is 3.80. The molecule has 1 aliphatic heterocycles. The summed E-state index contributed by atoms with van der Waals surface area (Å²) < 4.78 is 10.5. The zero-order valence-electron chi connectivity index (χ0n) is 11.3. The van der Waals surface area contributed by atoms with E-state index >= 15 is 0 Å². The zero-order chi connectivity index (χ0) is 12.6. The van der Waals surface area contributed by atoms with Gasteiger partial charge in [-0.3, -0.25) is 4.90 Å². The molecule has 0 saturated carbocycles. The first-order chi connectivity index (χ1) is 8.88. The van der Waals surface area contributed by atoms with Gasteiger partial charge in [-0.05, 0) is 43.0 Å². The molecule has 1 saturated heterocycles. The van der Waals surface area contributed by atoms with Gasteiger partial charge < -0.3 is 9.47 Å². The Kier molecular flexibility index (Phi) is 8.30. The highest BCUT2D eigenvalue weighted by Gasteiger charge is 2.09. The summed E-state index contributed by atoms with van der Waals surface area (Å²) in [6.45, 7) is 5.16. The van der Waals surface area contributed by atoms with E-state index in [1.165, 1.54) is 23.6 Å². The molecule has 1 fully saturated rings. The van der Waals surface area contributed by atoms with Crippen molar-refractivity contribution in [3.63, 3.8) is 0 Å². The van der Waals surface area contributed by atoms with E-state index < -0.39 is 0 Å². The fraction of sp³-hybridized carbons (Fsp3) is 0.571. The summed E-state index contributed by atoms with van der Waals surface area (Å²) in [5.74, 6) is 2.09. The molecular weight excluding hydrogens is 282 g/mol. The number of hydrogen-bond acceptors (Lipinski definition) is 4. The van der Waals surface area contributed by atoms with Crippen molar-refractivity contribution in [2.45, 2.75) is 11.3 Å². The molecule has 0 spiro atoms. The topological polar surface area (TPSA) is 21.7 Å². The van der Waals surface area contributed by atoms with Gasteiger partial charge in [0.05, 0.1) is 20.3 Å². The third kappa shape index (κ3) is 6.04. The largest absolute Gasteiger partial charge is 0.497 e. The summed E-state index contributed by atoms with van der Waals surface area (Å²) >= 11 is 1.91. The Morgan fingerprint density at radius 1 is 1.21 bits per heavy atom. The SMILES string of the molecule is COc1ccc(SCCCN2CCOCC2)cc1.Cl. The smallest absolute Gasteiger partial charge is 0.118 e. The second kappa shape index (κ2) is 9.48. The van der Waals surface area contributed by atoms with Gasteiger partial charge in [0, 0.05) is 18.0 Å². The highest BCUT2D eigenvalue weighted by atomic mass is 35.5. The predicted octanol–water partition coefficient (Wildman–Crippen LogP) is 2.93. The Bertz CT molecular complexity index is 342. The molecule has 0 aromatic heterocycles. The molecule has 5 heteroatoms. The standard InChI is InChI=1S/C14H21NO2S.ClH/c1-16-13-3-5-14(6-4-13)18-12-2-7-15-8-10-17-11-9-15;/h3-6H,2,7-12H2,1H3;1H. The number of thioether (sulfide) groups is 1. The second-order valence-electron chi connectivity index (χ2n) is 4.33. The summed E-state index contributed by atoms with van der Waals surface area (Å²) in [5, 5.41) is 0. The minimum atomic E-state index is 0. The minimum Gasteiger partial charge on any atom is -0.497 e. The van der Waals surface area contributed by atoms with E-state index in [0.717, 1.165) is 32.1 Å². The zero-order valence-corrected chi connectivity index (χ0v) is 13.0. The molecule has 0 bridgehead atoms. The molecule has 0 aliphatic carbocycles. The lowest BCUT2D eigenvalue weighted by Crippen LogP contribution is -2.36. The Morgan fingerprint density at radius 3 is 2.53 bits per heavy atom. The average Bonchev–Trinajstić information content (AvgIpc) is 2.45. The van der Waals surface area contributed by atoms with Crippen LogP contribution in [0.2, 0.25) is 0 Å². The van der Waals surface area contributed by atoms with E-state index in [2.05, 4.69) is 17.0 Å². The molecule has 0 atom stereocenters. The van der Waals surface area contributed by atoms with Crippen LogP contribution in [0.25, 0.3) is 0 Å². The number of morpholine rings is 1. The van der Waals surface area contributed by atoms with Crippen LogP contribution in [0.4, 0.5) is 0 Å². The van der Waals surface area contributed by atoms with Crippen molar-refractivity contribution in [2.24, 2.45) is 0 Å². The van der Waals surface area contributed by atoms with Crippen LogP contribution in [0.5, 0.6) is 5.75 Å². The van der Waals surface area contributed by atoms with Gasteiger partial charge in [-0.2, -0.15) is 0 Å². The van der Waals surface area contributed by atoms with E-state index in [4.69, 9.17) is 9.47 Å². The van der Waals surface area contributed by atoms with E-state index in [-0.39, 0.29) is 12.4 Å². The summed E-state index contributed by atoms with van der Waals surface area (Å²) in [6.07, 6.45) is 1.23. The molecule has 2 rings (SSSR count). The monoisotopic (exact) mass is 303 g/mol. The minimum absolute atomic E-state index is 0. The van der Waals surface area contributed by atoms with Crippen LogP contribution in [-0.4, -0.2) is 50.6 Å². The van der Waals surface area contributed by atoms with Gasteiger partial charge in [-0.1, -0.05) is 0 Å². The molecule has 0 radical (unpaired) electrons. The average molecular weight is 304 g/mol. The van der Waals surface area contributed by atoms with Gasteiger partial charge in [0.2, 0.25) is 0 Å². The van der Waals surface area contributed by atoms with E-state index in [9.17, 15) is 0 Å². The molecule has 1 aliphatic rings. The van der Waals surface area contributed by atoms with Crippen molar-refractivity contribution in [1.29, 1.82) is 0 Å². The van der Waals surface area contributed by atoms with Gasteiger partial charge in [0.15, 0.2) is 0 Å². The van der Waals surface area contributed by atoms with Crippen molar-refractivity contribution < 1.29 is 9.47 Å². The number of methoxy groups -OCH3 is 1. The van der Waals surface area contributed by atoms with Gasteiger partial charge >= 0.3 is 0 Å². The molecule has 0 N–H and O–H groups in total. The molecule has 3 nitrogen and oxygen atoms in total. The Balaban J connectivity index is 0.00000180. The maximum absolute atomic E-state index is 5.34. The van der Waals surface area contributed by atoms with Crippen LogP contribution < -0.4 is 4.74 Å². The van der Waals surface area contributed by atoms with Crippen LogP contribution >= 0.6 is 24.2 Å². The maximum atomic E-state index is 5.34. The fourth-order valence-corrected chi connectivity index (χ4v) is 2.81. The van der Waals surface area contributed by atoms with Gasteiger partial charge in [-0.25, -0.2) is 0 Å². The quantitative estimate of drug-likeness (QED) is 0.595. The first-order valence-corrected chi connectivity index (χ1v) is 7.44. The van der Waals surface area contributed by atoms with Crippen LogP contribution in [0, 0.1) is 0 Å². The predicted molar refractivity (Wildman–Crippen MR) is 82.8 cm³/mol. The van der Waals surface area contributed by atoms with Crippen molar-refractivity contribution in [2.75, 3.05) is 45.7 Å². The highest BCUT2D eigenvalue weighted by Crippen LogP contribution is 2.21. The Labute approximate surface area is 126 Å². The molecule has 0 amide bonds. The molecule has 1 heterocycles. The Morgan fingerprint density at radius 2 is 1.89 bits per heavy atom. The number of rotatable bonds is 6. The van der Waals surface area contributed by atoms with E-state index in [0.29, 0.717) is 0 Å². The van der Waals surface area contributed by atoms with Crippen molar-refractivity contribution in [3.05, 3.63) is 24.3 Å². The number of hydrogen-bond donors (Lipinski definition) is 0. The summed E-state index contributed by atoms with van der Waals surface area (Å²) in [5.41, 5.74) is 0. The summed E-state index contributed by atoms with van der Waals surface area (Å²) in [7, 11) is 1.70. The fourth-order valence-electron chi connectivity index (χ4n) is 1.97. The van der Waals surface area contributed by atoms with Gasteiger partial charge in [-0.15, -0.1) is 24.2 Å². The van der Waals surface area contributed by atoms with Crippen LogP contribution in [0.3, 0.4) is 0 Å². The normalized spacial score (nSPS) is 15.8. The van der Waals surface area contributed by atoms with Crippen LogP contribution in [-0.2, 0) is 4.74 Å². The number of halogens is 1. The van der Waals surface area contributed by atoms with Crippen molar-refractivity contribution >= 4 is 24.2 Å². The van der Waals surface area contributed by atoms with Crippen molar-refractivity contribution in [3.8, 4) is 5.75 Å². The van der Waals surface area contributed by atoms with Crippen LogP contribution in [0.15, 0.2) is 29.2 Å². The number of nitrogens with zero attached hydrogens (tertiary/aromatic N) is 1. The molecular formula is C14H22ClNO2S. The maximum Gasteiger partial charge on any atom is 0.118 e. The van der Waals surface area contributed by atoms with E-state index in [1.54, 1.807) is 7.11 Å². The molecule has 1 aromatic rings. The third-order valence-electron chi connectivity index (χ3n) is 3.05. The molecule has 1 aromatic carbocycles. The Hall–Kier alpha value is -0.420. The lowest BCUT2D eigenvalue weighted by Gasteiger charge is -2.26. The molecule has 0 unspecified atom stereocenters. The third-order valence-corrected chi connectivity index (χ3v) is 4.15. The lowest BCUT2D eigenvalue weighted by molar-refractivity contribution is 0.0381. The first-order valence-electron chi connectivity index (χ1n) is 6.45. The van der Waals surface area contributed by atoms with Crippen LogP contribution in [0.1, 0.15) is 6.42 Å². The second-order valence-corrected chi connectivity index (χ2v) is 5.50. The van der Waals surface area contributed by atoms with Gasteiger partial charge in [0.25, 0.3) is 0 Å². The number of benzene rings is 1.